The zero-order valence-corrected chi connectivity index (χ0v) is 15.2. The molecule has 0 amide bonds. The minimum absolute atomic E-state index is 0.295. The van der Waals surface area contributed by atoms with Crippen LogP contribution in [0.5, 0.6) is 5.75 Å². The first-order valence-electron chi connectivity index (χ1n) is 7.19. The molecule has 2 aromatic rings. The van der Waals surface area contributed by atoms with E-state index >= 15 is 0 Å². The van der Waals surface area contributed by atoms with Crippen molar-refractivity contribution in [3.63, 3.8) is 0 Å². The van der Waals surface area contributed by atoms with E-state index in [1.807, 2.05) is 0 Å². The van der Waals surface area contributed by atoms with Crippen molar-refractivity contribution in [1.29, 1.82) is 0 Å². The zero-order valence-electron chi connectivity index (χ0n) is 13.7. The van der Waals surface area contributed by atoms with Crippen LogP contribution in [0.25, 0.3) is 0 Å². The van der Waals surface area contributed by atoms with Crippen LogP contribution in [-0.4, -0.2) is 30.0 Å². The molecule has 0 saturated carbocycles. The van der Waals surface area contributed by atoms with Crippen molar-refractivity contribution < 1.29 is 19.1 Å². The number of hydrogen-bond acceptors (Lipinski definition) is 4. The van der Waals surface area contributed by atoms with Gasteiger partial charge in [0.15, 0.2) is 6.10 Å². The average Bonchev–Trinajstić information content (AvgIpc) is 2.83. The number of aromatic nitrogens is 1. The predicted molar refractivity (Wildman–Crippen MR) is 92.5 cm³/mol. The summed E-state index contributed by atoms with van der Waals surface area (Å²) in [7, 11) is 1.30. The average molecular weight is 370 g/mol. The summed E-state index contributed by atoms with van der Waals surface area (Å²) in [5.74, 6) is -0.428. The molecule has 0 spiro atoms. The van der Waals surface area contributed by atoms with Gasteiger partial charge in [-0.3, -0.25) is 4.79 Å². The number of nitrogens with one attached hydrogen (secondary N) is 1. The van der Waals surface area contributed by atoms with Crippen LogP contribution in [0.4, 0.5) is 0 Å². The Balaban J connectivity index is 2.27. The number of halogens is 2. The molecular formula is C17H17Cl2NO4. The number of methoxy groups -OCH3 is 1. The Morgan fingerprint density at radius 3 is 2.46 bits per heavy atom. The highest BCUT2D eigenvalue weighted by atomic mass is 35.5. The summed E-state index contributed by atoms with van der Waals surface area (Å²) in [6, 6.07) is 4.76. The molecule has 128 valence electrons. The Labute approximate surface area is 149 Å². The lowest BCUT2D eigenvalue weighted by atomic mass is 10.1. The lowest BCUT2D eigenvalue weighted by Gasteiger charge is -2.14. The molecule has 1 N–H and O–H groups in total. The quantitative estimate of drug-likeness (QED) is 0.627. The van der Waals surface area contributed by atoms with Gasteiger partial charge in [0, 0.05) is 10.7 Å². The number of benzene rings is 1. The number of hydrogen-bond donors (Lipinski definition) is 1. The van der Waals surface area contributed by atoms with Gasteiger partial charge >= 0.3 is 5.97 Å². The summed E-state index contributed by atoms with van der Waals surface area (Å²) in [4.78, 5) is 27.4. The predicted octanol–water partition coefficient (Wildman–Crippen LogP) is 4.38. The van der Waals surface area contributed by atoms with Gasteiger partial charge in [0.05, 0.1) is 23.4 Å². The monoisotopic (exact) mass is 369 g/mol. The molecule has 1 aromatic carbocycles. The molecule has 0 fully saturated rings. The highest BCUT2D eigenvalue weighted by molar-refractivity contribution is 6.35. The molecule has 7 heteroatoms. The SMILES string of the molecule is COC(=O)c1c(C)[nH]c(C(=O)[C@H](C)Oc2ccc(Cl)cc2Cl)c1C. The van der Waals surface area contributed by atoms with Crippen molar-refractivity contribution in [2.24, 2.45) is 0 Å². The number of rotatable bonds is 5. The van der Waals surface area contributed by atoms with Crippen molar-refractivity contribution >= 4 is 35.0 Å². The van der Waals surface area contributed by atoms with Gasteiger partial charge in [0.1, 0.15) is 5.75 Å². The third-order valence-corrected chi connectivity index (χ3v) is 4.17. The van der Waals surface area contributed by atoms with Gasteiger partial charge in [-0.05, 0) is 44.5 Å². The first-order chi connectivity index (χ1) is 11.3. The molecule has 1 heterocycles. The van der Waals surface area contributed by atoms with E-state index in [2.05, 4.69) is 4.98 Å². The third kappa shape index (κ3) is 3.57. The molecule has 0 aliphatic carbocycles. The molecule has 2 rings (SSSR count). The molecule has 0 saturated heterocycles. The summed E-state index contributed by atoms with van der Waals surface area (Å²) >= 11 is 11.9. The minimum Gasteiger partial charge on any atom is -0.481 e. The molecule has 1 atom stereocenters. The van der Waals surface area contributed by atoms with E-state index in [1.165, 1.54) is 13.2 Å². The van der Waals surface area contributed by atoms with Crippen molar-refractivity contribution in [3.05, 3.63) is 50.8 Å². The van der Waals surface area contributed by atoms with Crippen molar-refractivity contribution in [2.45, 2.75) is 26.9 Å². The third-order valence-electron chi connectivity index (χ3n) is 3.64. The van der Waals surface area contributed by atoms with Gasteiger partial charge in [0.25, 0.3) is 0 Å². The van der Waals surface area contributed by atoms with Crippen LogP contribution in [-0.2, 0) is 4.74 Å². The fraction of sp³-hybridized carbons (Fsp3) is 0.294. The van der Waals surface area contributed by atoms with Crippen molar-refractivity contribution in [2.75, 3.05) is 7.11 Å². The summed E-state index contributed by atoms with van der Waals surface area (Å²) in [5.41, 5.74) is 1.77. The maximum Gasteiger partial charge on any atom is 0.339 e. The van der Waals surface area contributed by atoms with E-state index in [1.54, 1.807) is 32.9 Å². The summed E-state index contributed by atoms with van der Waals surface area (Å²) < 4.78 is 10.4. The van der Waals surface area contributed by atoms with Crippen molar-refractivity contribution in [1.82, 2.24) is 4.98 Å². The van der Waals surface area contributed by atoms with Crippen LogP contribution in [0, 0.1) is 13.8 Å². The van der Waals surface area contributed by atoms with Crippen LogP contribution in [0.3, 0.4) is 0 Å². The number of H-pyrrole nitrogens is 1. The van der Waals surface area contributed by atoms with Gasteiger partial charge < -0.3 is 14.5 Å². The van der Waals surface area contributed by atoms with Gasteiger partial charge in [-0.1, -0.05) is 23.2 Å². The maximum absolute atomic E-state index is 12.6. The lowest BCUT2D eigenvalue weighted by molar-refractivity contribution is 0.0599. The first-order valence-corrected chi connectivity index (χ1v) is 7.95. The topological polar surface area (TPSA) is 68.4 Å². The number of esters is 1. The summed E-state index contributed by atoms with van der Waals surface area (Å²) in [6.45, 7) is 5.00. The van der Waals surface area contributed by atoms with Crippen LogP contribution in [0.2, 0.25) is 10.0 Å². The van der Waals surface area contributed by atoms with E-state index in [9.17, 15) is 9.59 Å². The second kappa shape index (κ2) is 7.28. The molecule has 24 heavy (non-hydrogen) atoms. The highest BCUT2D eigenvalue weighted by Crippen LogP contribution is 2.29. The molecule has 0 aliphatic rings. The lowest BCUT2D eigenvalue weighted by Crippen LogP contribution is -2.25. The molecule has 0 bridgehead atoms. The minimum atomic E-state index is -0.800. The fourth-order valence-corrected chi connectivity index (χ4v) is 2.88. The molecular weight excluding hydrogens is 353 g/mol. The van der Waals surface area contributed by atoms with Gasteiger partial charge in [-0.15, -0.1) is 0 Å². The van der Waals surface area contributed by atoms with E-state index in [-0.39, 0.29) is 5.78 Å². The van der Waals surface area contributed by atoms with Gasteiger partial charge in [-0.25, -0.2) is 4.79 Å². The number of aryl methyl sites for hydroxylation is 1. The van der Waals surface area contributed by atoms with E-state index in [0.29, 0.717) is 38.3 Å². The Bertz CT molecular complexity index is 798. The zero-order chi connectivity index (χ0) is 18.0. The van der Waals surface area contributed by atoms with Crippen LogP contribution in [0.1, 0.15) is 39.0 Å². The Morgan fingerprint density at radius 1 is 1.21 bits per heavy atom. The molecule has 5 nitrogen and oxygen atoms in total. The van der Waals surface area contributed by atoms with Gasteiger partial charge in [0.2, 0.25) is 5.78 Å². The van der Waals surface area contributed by atoms with E-state index in [4.69, 9.17) is 32.7 Å². The second-order valence-corrected chi connectivity index (χ2v) is 6.16. The number of aromatic amines is 1. The Kier molecular flexibility index (Phi) is 5.57. The second-order valence-electron chi connectivity index (χ2n) is 5.32. The van der Waals surface area contributed by atoms with Crippen LogP contribution in [0.15, 0.2) is 18.2 Å². The molecule has 1 aromatic heterocycles. The van der Waals surface area contributed by atoms with E-state index in [0.717, 1.165) is 0 Å². The molecule has 0 unspecified atom stereocenters. The van der Waals surface area contributed by atoms with E-state index < -0.39 is 12.1 Å². The number of carbonyl (C=O) groups excluding carboxylic acids is 2. The molecule has 0 aliphatic heterocycles. The summed E-state index contributed by atoms with van der Waals surface area (Å²) in [6.07, 6.45) is -0.800. The number of carbonyl (C=O) groups is 2. The Morgan fingerprint density at radius 2 is 1.88 bits per heavy atom. The largest absolute Gasteiger partial charge is 0.481 e. The summed E-state index contributed by atoms with van der Waals surface area (Å²) in [5, 5.41) is 0.793. The molecule has 0 radical (unpaired) electrons. The first kappa shape index (κ1) is 18.4. The van der Waals surface area contributed by atoms with Gasteiger partial charge in [-0.2, -0.15) is 0 Å². The smallest absolute Gasteiger partial charge is 0.339 e. The normalized spacial score (nSPS) is 11.9. The Hall–Kier alpha value is -1.98. The number of ether oxygens (including phenoxy) is 2. The maximum atomic E-state index is 12.6. The van der Waals surface area contributed by atoms with Crippen LogP contribution < -0.4 is 4.74 Å². The number of ketones is 1. The highest BCUT2D eigenvalue weighted by Gasteiger charge is 2.26. The fourth-order valence-electron chi connectivity index (χ4n) is 2.42. The van der Waals surface area contributed by atoms with Crippen molar-refractivity contribution in [3.8, 4) is 5.75 Å². The van der Waals surface area contributed by atoms with Crippen LogP contribution >= 0.6 is 23.2 Å². The standard InChI is InChI=1S/C17H17Cl2NO4/c1-8-14(17(22)23-4)9(2)20-15(8)16(21)10(3)24-13-6-5-11(18)7-12(13)19/h5-7,10,20H,1-4H3/t10-/m0/s1. The number of Topliss-reactive ketones (excluding diaryl/α,β-unsaturated/α-hetero) is 1.